The number of ether oxygens (including phenoxy) is 1. The highest BCUT2D eigenvalue weighted by Gasteiger charge is 2.48. The van der Waals surface area contributed by atoms with E-state index >= 15 is 0 Å². The molecule has 1 aliphatic carbocycles. The van der Waals surface area contributed by atoms with Crippen molar-refractivity contribution in [2.75, 3.05) is 14.1 Å². The Morgan fingerprint density at radius 1 is 1.29 bits per heavy atom. The number of hydrogen-bond donors (Lipinski definition) is 3. The van der Waals surface area contributed by atoms with Gasteiger partial charge in [0.2, 0.25) is 0 Å². The van der Waals surface area contributed by atoms with E-state index in [1.165, 1.54) is 30.4 Å². The summed E-state index contributed by atoms with van der Waals surface area (Å²) in [6, 6.07) is 6.45. The Morgan fingerprint density at radius 2 is 2.03 bits per heavy atom. The Kier molecular flexibility index (Phi) is 10.6. The third-order valence-corrected chi connectivity index (χ3v) is 6.25. The summed E-state index contributed by atoms with van der Waals surface area (Å²) < 4.78 is 6.33. The van der Waals surface area contributed by atoms with E-state index in [0.29, 0.717) is 12.8 Å². The van der Waals surface area contributed by atoms with Crippen molar-refractivity contribution in [3.8, 4) is 17.6 Å². The first-order valence-corrected chi connectivity index (χ1v) is 11.8. The lowest BCUT2D eigenvalue weighted by atomic mass is 9.86. The molecule has 0 aromatic heterocycles. The Hall–Kier alpha value is -1.80. The SMILES string of the molecule is CC#CC[C@H](C)[C@H](O)C=C[C@@H]1[C@H]2c3cccc(CCCCC)c3O[C@H]2C[C@H]1O.CNC. The summed E-state index contributed by atoms with van der Waals surface area (Å²) in [4.78, 5) is 0. The van der Waals surface area contributed by atoms with Crippen molar-refractivity contribution in [3.63, 3.8) is 0 Å². The summed E-state index contributed by atoms with van der Waals surface area (Å²) in [5.41, 5.74) is 2.52. The molecule has 0 radical (unpaired) electrons. The number of hydrogen-bond acceptors (Lipinski definition) is 4. The van der Waals surface area contributed by atoms with Crippen molar-refractivity contribution in [3.05, 3.63) is 41.5 Å². The van der Waals surface area contributed by atoms with Crippen LogP contribution in [-0.4, -0.2) is 42.6 Å². The molecule has 0 amide bonds. The molecule has 3 rings (SSSR count). The minimum absolute atomic E-state index is 0.0174. The fourth-order valence-corrected chi connectivity index (χ4v) is 4.55. The van der Waals surface area contributed by atoms with Crippen molar-refractivity contribution in [2.24, 2.45) is 11.8 Å². The summed E-state index contributed by atoms with van der Waals surface area (Å²) in [5, 5.41) is 23.8. The first-order valence-electron chi connectivity index (χ1n) is 11.8. The van der Waals surface area contributed by atoms with Crippen LogP contribution in [0.15, 0.2) is 30.4 Å². The van der Waals surface area contributed by atoms with Gasteiger partial charge >= 0.3 is 0 Å². The highest BCUT2D eigenvalue weighted by molar-refractivity contribution is 5.49. The summed E-state index contributed by atoms with van der Waals surface area (Å²) in [7, 11) is 3.75. The standard InChI is InChI=1S/C25H34O3.C2H7N/c1-4-6-8-11-18-12-9-13-20-24-19(22(27)16-23(24)28-25(18)20)14-15-21(26)17(3)10-7-5-2;1-3-2/h9,12-15,17,19,21-24,26-27H,4,6,8,10-11,16H2,1-3H3;3H,1-2H3/t17-,19-,21+,22+,23-,24-;/m0./s1. The molecular formula is C27H41NO3. The molecule has 1 aliphatic heterocycles. The first kappa shape index (κ1) is 25.5. The van der Waals surface area contributed by atoms with Crippen molar-refractivity contribution in [1.29, 1.82) is 0 Å². The van der Waals surface area contributed by atoms with Crippen LogP contribution in [0.1, 0.15) is 69.9 Å². The zero-order chi connectivity index (χ0) is 22.8. The lowest BCUT2D eigenvalue weighted by molar-refractivity contribution is 0.134. The third kappa shape index (κ3) is 6.59. The maximum absolute atomic E-state index is 10.6. The lowest BCUT2D eigenvalue weighted by Crippen LogP contribution is -2.19. The molecule has 3 N–H and O–H groups in total. The normalized spacial score (nSPS) is 25.5. The number of fused-ring (bicyclic) bond motifs is 3. The first-order chi connectivity index (χ1) is 15.0. The van der Waals surface area contributed by atoms with E-state index in [-0.39, 0.29) is 23.9 Å². The van der Waals surface area contributed by atoms with Gasteiger partial charge in [0.05, 0.1) is 12.2 Å². The molecule has 4 heteroatoms. The van der Waals surface area contributed by atoms with Gasteiger partial charge in [-0.2, -0.15) is 0 Å². The molecule has 0 saturated heterocycles. The number of aryl methyl sites for hydroxylation is 1. The van der Waals surface area contributed by atoms with Gasteiger partial charge < -0.3 is 20.3 Å². The zero-order valence-corrected chi connectivity index (χ0v) is 19.9. The van der Waals surface area contributed by atoms with Crippen LogP contribution in [0.5, 0.6) is 5.75 Å². The molecule has 2 aliphatic rings. The van der Waals surface area contributed by atoms with Gasteiger partial charge in [-0.15, -0.1) is 11.8 Å². The molecule has 4 nitrogen and oxygen atoms in total. The minimum Gasteiger partial charge on any atom is -0.489 e. The number of rotatable bonds is 8. The van der Waals surface area contributed by atoms with E-state index in [0.717, 1.165) is 12.2 Å². The Labute approximate surface area is 189 Å². The van der Waals surface area contributed by atoms with E-state index in [9.17, 15) is 10.2 Å². The van der Waals surface area contributed by atoms with E-state index in [1.54, 1.807) is 0 Å². The van der Waals surface area contributed by atoms with Gasteiger partial charge in [0.25, 0.3) is 0 Å². The van der Waals surface area contributed by atoms with Gasteiger partial charge in [0.1, 0.15) is 11.9 Å². The molecule has 172 valence electrons. The average molecular weight is 428 g/mol. The molecule has 0 unspecified atom stereocenters. The summed E-state index contributed by atoms with van der Waals surface area (Å²) in [6.45, 7) is 6.04. The molecule has 0 spiro atoms. The summed E-state index contributed by atoms with van der Waals surface area (Å²) in [5.74, 6) is 7.19. The van der Waals surface area contributed by atoms with Crippen molar-refractivity contribution >= 4 is 0 Å². The molecule has 1 saturated carbocycles. The van der Waals surface area contributed by atoms with Crippen LogP contribution in [0.3, 0.4) is 0 Å². The fourth-order valence-electron chi connectivity index (χ4n) is 4.55. The smallest absolute Gasteiger partial charge is 0.126 e. The van der Waals surface area contributed by atoms with E-state index < -0.39 is 12.2 Å². The number of nitrogens with one attached hydrogen (secondary N) is 1. The van der Waals surface area contributed by atoms with E-state index in [1.807, 2.05) is 40.1 Å². The van der Waals surface area contributed by atoms with Gasteiger partial charge in [-0.1, -0.05) is 57.0 Å². The van der Waals surface area contributed by atoms with Crippen LogP contribution >= 0.6 is 0 Å². The molecule has 1 fully saturated rings. The quantitative estimate of drug-likeness (QED) is 0.326. The summed E-state index contributed by atoms with van der Waals surface area (Å²) in [6.07, 6.45) is 8.92. The second-order valence-electron chi connectivity index (χ2n) is 8.84. The Balaban J connectivity index is 0.00000107. The molecule has 31 heavy (non-hydrogen) atoms. The van der Waals surface area contributed by atoms with Crippen molar-refractivity contribution < 1.29 is 14.9 Å². The van der Waals surface area contributed by atoms with Gasteiger partial charge in [-0.3, -0.25) is 0 Å². The second kappa shape index (κ2) is 12.9. The maximum atomic E-state index is 10.6. The van der Waals surface area contributed by atoms with Gasteiger partial charge in [-0.25, -0.2) is 0 Å². The average Bonchev–Trinajstić information content (AvgIpc) is 3.26. The van der Waals surface area contributed by atoms with Gasteiger partial charge in [0, 0.05) is 30.2 Å². The van der Waals surface area contributed by atoms with Crippen LogP contribution in [0.2, 0.25) is 0 Å². The largest absolute Gasteiger partial charge is 0.489 e. The highest BCUT2D eigenvalue weighted by atomic mass is 16.5. The van der Waals surface area contributed by atoms with Gasteiger partial charge in [0.15, 0.2) is 0 Å². The topological polar surface area (TPSA) is 61.7 Å². The maximum Gasteiger partial charge on any atom is 0.126 e. The van der Waals surface area contributed by atoms with E-state index in [4.69, 9.17) is 4.74 Å². The lowest BCUT2D eigenvalue weighted by Gasteiger charge is -2.19. The fraction of sp³-hybridized carbons (Fsp3) is 0.630. The number of unbranched alkanes of at least 4 members (excludes halogenated alkanes) is 2. The van der Waals surface area contributed by atoms with E-state index in [2.05, 4.69) is 42.3 Å². The highest BCUT2D eigenvalue weighted by Crippen LogP contribution is 2.52. The Bertz CT molecular complexity index is 763. The molecule has 1 heterocycles. The minimum atomic E-state index is -0.547. The monoisotopic (exact) mass is 427 g/mol. The number of aliphatic hydroxyl groups excluding tert-OH is 2. The zero-order valence-electron chi connectivity index (χ0n) is 19.9. The predicted molar refractivity (Wildman–Crippen MR) is 128 cm³/mol. The van der Waals surface area contributed by atoms with Crippen LogP contribution in [0.25, 0.3) is 0 Å². The number of para-hydroxylation sites is 1. The third-order valence-electron chi connectivity index (χ3n) is 6.25. The van der Waals surface area contributed by atoms with Crippen molar-refractivity contribution in [1.82, 2.24) is 5.32 Å². The van der Waals surface area contributed by atoms with Crippen molar-refractivity contribution in [2.45, 2.75) is 83.5 Å². The van der Waals surface area contributed by atoms with Crippen LogP contribution in [-0.2, 0) is 6.42 Å². The number of aliphatic hydroxyl groups is 2. The van der Waals surface area contributed by atoms with Crippen LogP contribution in [0.4, 0.5) is 0 Å². The van der Waals surface area contributed by atoms with Crippen LogP contribution in [0, 0.1) is 23.7 Å². The predicted octanol–water partition coefficient (Wildman–Crippen LogP) is 4.45. The van der Waals surface area contributed by atoms with Crippen LogP contribution < -0.4 is 10.1 Å². The summed E-state index contributed by atoms with van der Waals surface area (Å²) >= 11 is 0. The molecule has 6 atom stereocenters. The molecule has 0 bridgehead atoms. The molecular weight excluding hydrogens is 386 g/mol. The second-order valence-corrected chi connectivity index (χ2v) is 8.84. The van der Waals surface area contributed by atoms with Gasteiger partial charge in [-0.05, 0) is 45.3 Å². The molecule has 1 aromatic rings. The number of benzene rings is 1. The molecule has 1 aromatic carbocycles. The Morgan fingerprint density at radius 3 is 2.71 bits per heavy atom.